The lowest BCUT2D eigenvalue weighted by molar-refractivity contribution is -0.618. The van der Waals surface area contributed by atoms with Gasteiger partial charge in [0.1, 0.15) is 5.56 Å². The molecular formula is C27H42N7O4S+. The molecule has 1 aliphatic carbocycles. The van der Waals surface area contributed by atoms with Crippen molar-refractivity contribution < 1.29 is 23.9 Å². The number of rotatable bonds is 12. The molecule has 39 heavy (non-hydrogen) atoms. The fourth-order valence-electron chi connectivity index (χ4n) is 5.10. The average molecular weight is 561 g/mol. The molecule has 1 saturated heterocycles. The molecule has 0 bridgehead atoms. The van der Waals surface area contributed by atoms with Gasteiger partial charge in [0.05, 0.1) is 29.4 Å². The number of piperazine rings is 1. The number of aliphatic hydroxyl groups is 2. The van der Waals surface area contributed by atoms with Crippen molar-refractivity contribution in [3.8, 4) is 0 Å². The number of benzene rings is 1. The number of hydrogen-bond donors (Lipinski definition) is 5. The van der Waals surface area contributed by atoms with Crippen molar-refractivity contribution in [2.75, 3.05) is 51.2 Å². The van der Waals surface area contributed by atoms with Crippen molar-refractivity contribution in [3.05, 3.63) is 41.6 Å². The summed E-state index contributed by atoms with van der Waals surface area (Å²) in [6.07, 6.45) is 6.75. The third-order valence-corrected chi connectivity index (χ3v) is 9.48. The van der Waals surface area contributed by atoms with Gasteiger partial charge in [-0.05, 0) is 31.4 Å². The molecular weight excluding hydrogens is 518 g/mol. The van der Waals surface area contributed by atoms with Gasteiger partial charge in [-0.2, -0.15) is 9.29 Å². The molecule has 0 atom stereocenters. The summed E-state index contributed by atoms with van der Waals surface area (Å²) in [5, 5.41) is 33.3. The molecule has 2 heterocycles. The zero-order valence-electron chi connectivity index (χ0n) is 22.7. The third kappa shape index (κ3) is 7.59. The predicted octanol–water partition coefficient (Wildman–Crippen LogP) is 0.902. The van der Waals surface area contributed by atoms with Gasteiger partial charge < -0.3 is 15.5 Å². The van der Waals surface area contributed by atoms with Crippen LogP contribution in [0.5, 0.6) is 0 Å². The second-order valence-corrected chi connectivity index (χ2v) is 12.3. The van der Waals surface area contributed by atoms with Crippen LogP contribution in [0.4, 0.5) is 11.8 Å². The van der Waals surface area contributed by atoms with Gasteiger partial charge in [0.15, 0.2) is 0 Å². The van der Waals surface area contributed by atoms with E-state index in [1.54, 1.807) is 30.5 Å². The maximum Gasteiger partial charge on any atom is 0.243 e. The second kappa shape index (κ2) is 13.7. The van der Waals surface area contributed by atoms with Gasteiger partial charge >= 0.3 is 0 Å². The van der Waals surface area contributed by atoms with Gasteiger partial charge in [0, 0.05) is 63.9 Å². The van der Waals surface area contributed by atoms with Crippen molar-refractivity contribution in [1.82, 2.24) is 19.2 Å². The Morgan fingerprint density at radius 1 is 1.13 bits per heavy atom. The molecule has 6 N–H and O–H groups in total. The lowest BCUT2D eigenvalue weighted by Gasteiger charge is -2.33. The second-order valence-electron chi connectivity index (χ2n) is 10.4. The lowest BCUT2D eigenvalue weighted by atomic mass is 9.93. The maximum absolute atomic E-state index is 13.2. The Kier molecular flexibility index (Phi) is 10.4. The van der Waals surface area contributed by atoms with Crippen LogP contribution in [0, 0.1) is 5.41 Å². The molecule has 4 rings (SSSR count). The lowest BCUT2D eigenvalue weighted by Crippen LogP contribution is -2.85. The van der Waals surface area contributed by atoms with Gasteiger partial charge in [-0.15, -0.1) is 0 Å². The average Bonchev–Trinajstić information content (AvgIpc) is 2.95. The van der Waals surface area contributed by atoms with Crippen LogP contribution < -0.4 is 10.6 Å². The highest BCUT2D eigenvalue weighted by Crippen LogP contribution is 2.22. The van der Waals surface area contributed by atoms with Crippen LogP contribution in [0.1, 0.15) is 56.6 Å². The molecule has 0 amide bonds. The van der Waals surface area contributed by atoms with E-state index in [0.717, 1.165) is 45.1 Å². The predicted molar refractivity (Wildman–Crippen MR) is 150 cm³/mol. The van der Waals surface area contributed by atoms with Crippen molar-refractivity contribution in [3.63, 3.8) is 0 Å². The molecule has 2 aliphatic rings. The van der Waals surface area contributed by atoms with Crippen LogP contribution in [0.15, 0.2) is 35.4 Å². The Hall–Kier alpha value is -2.48. The van der Waals surface area contributed by atoms with E-state index in [4.69, 9.17) is 15.5 Å². The number of aromatic nitrogens is 2. The number of unbranched alkanes of at least 4 members (excludes halogenated alkanes) is 1. The first kappa shape index (κ1) is 29.5. The van der Waals surface area contributed by atoms with Crippen LogP contribution in [-0.2, 0) is 10.0 Å². The Morgan fingerprint density at radius 3 is 2.46 bits per heavy atom. The minimum absolute atomic E-state index is 0.0621. The Balaban J connectivity index is 1.51. The smallest absolute Gasteiger partial charge is 0.243 e. The monoisotopic (exact) mass is 560 g/mol. The van der Waals surface area contributed by atoms with Gasteiger partial charge in [0.2, 0.25) is 21.8 Å². The van der Waals surface area contributed by atoms with E-state index >= 15 is 0 Å². The molecule has 0 radical (unpaired) electrons. The quantitative estimate of drug-likeness (QED) is 0.189. The summed E-state index contributed by atoms with van der Waals surface area (Å²) in [5.41, 5.74) is 1.42. The molecule has 1 aliphatic heterocycles. The van der Waals surface area contributed by atoms with Crippen molar-refractivity contribution in [1.29, 1.82) is 5.41 Å². The standard InChI is InChI=1S/C27H41N7O4S/c1-2-3-12-29-27-30-19-24(26(32-27)31-21-6-8-22(36)9-7-21)25(28)20-4-10-23(11-5-20)39(37,38)34-15-13-33(14-16-34)17-18-35/h4-5,10-11,19,21-22,28,35-36H,2-3,6-9,12-18H2,1H3,(H2,29,30,31,32)/p+1. The highest BCUT2D eigenvalue weighted by Gasteiger charge is 2.29. The van der Waals surface area contributed by atoms with E-state index in [1.165, 1.54) is 4.31 Å². The SMILES string of the molecule is CCCCNc1ncc(C(=N)c2ccc(S(=O)(=O)N3CCN(CCO)CC3)cc2)c([NH2+]C2CCC(O)CC2)n1. The van der Waals surface area contributed by atoms with E-state index in [0.29, 0.717) is 55.6 Å². The topological polar surface area (TPSA) is 159 Å². The van der Waals surface area contributed by atoms with Gasteiger partial charge in [-0.25, -0.2) is 13.4 Å². The van der Waals surface area contributed by atoms with Crippen LogP contribution in [0.2, 0.25) is 0 Å². The summed E-state index contributed by atoms with van der Waals surface area (Å²) in [7, 11) is -3.64. The van der Waals surface area contributed by atoms with E-state index in [2.05, 4.69) is 22.5 Å². The largest absolute Gasteiger partial charge is 0.395 e. The highest BCUT2D eigenvalue weighted by atomic mass is 32.2. The number of anilines is 1. The minimum Gasteiger partial charge on any atom is -0.395 e. The normalized spacial score (nSPS) is 21.1. The number of hydrogen-bond acceptors (Lipinski definition) is 9. The molecule has 1 aromatic carbocycles. The van der Waals surface area contributed by atoms with E-state index < -0.39 is 10.0 Å². The zero-order valence-corrected chi connectivity index (χ0v) is 23.5. The number of nitrogens with two attached hydrogens (primary N) is 1. The molecule has 12 heteroatoms. The van der Waals surface area contributed by atoms with Gasteiger partial charge in [-0.3, -0.25) is 15.6 Å². The minimum atomic E-state index is -3.64. The molecule has 1 aromatic heterocycles. The van der Waals surface area contributed by atoms with Crippen molar-refractivity contribution >= 4 is 27.5 Å². The molecule has 2 fully saturated rings. The molecule has 214 valence electrons. The Bertz CT molecular complexity index is 1190. The first-order valence-corrected chi connectivity index (χ1v) is 15.4. The number of aliphatic hydroxyl groups excluding tert-OH is 2. The van der Waals surface area contributed by atoms with Gasteiger partial charge in [-0.1, -0.05) is 25.5 Å². The third-order valence-electron chi connectivity index (χ3n) is 7.56. The Morgan fingerprint density at radius 2 is 1.82 bits per heavy atom. The number of sulfonamides is 1. The van der Waals surface area contributed by atoms with Crippen LogP contribution in [-0.4, -0.2) is 102 Å². The van der Waals surface area contributed by atoms with Crippen LogP contribution in [0.3, 0.4) is 0 Å². The number of quaternary nitrogens is 1. The summed E-state index contributed by atoms with van der Waals surface area (Å²) >= 11 is 0. The molecule has 2 aromatic rings. The van der Waals surface area contributed by atoms with E-state index in [-0.39, 0.29) is 29.4 Å². The summed E-state index contributed by atoms with van der Waals surface area (Å²) in [5.74, 6) is 1.22. The first-order valence-electron chi connectivity index (χ1n) is 14.0. The van der Waals surface area contributed by atoms with E-state index in [9.17, 15) is 13.5 Å². The molecule has 0 spiro atoms. The fourth-order valence-corrected chi connectivity index (χ4v) is 6.52. The Labute approximate surface area is 231 Å². The summed E-state index contributed by atoms with van der Waals surface area (Å²) in [6.45, 7) is 5.45. The zero-order chi connectivity index (χ0) is 27.8. The number of nitrogens with zero attached hydrogens (tertiary/aromatic N) is 4. The maximum atomic E-state index is 13.2. The summed E-state index contributed by atoms with van der Waals surface area (Å²) in [6, 6.07) is 6.74. The molecule has 11 nitrogen and oxygen atoms in total. The van der Waals surface area contributed by atoms with Crippen LogP contribution >= 0.6 is 0 Å². The number of β-amino-alcohol motifs (C(OH)–C–C–N with tert-alkyl or cyclic N) is 1. The highest BCUT2D eigenvalue weighted by molar-refractivity contribution is 7.89. The summed E-state index contributed by atoms with van der Waals surface area (Å²) in [4.78, 5) is 11.4. The number of nitrogens with one attached hydrogen (secondary N) is 2. The first-order chi connectivity index (χ1) is 18.8. The molecule has 1 saturated carbocycles. The fraction of sp³-hybridized carbons (Fsp3) is 0.593. The van der Waals surface area contributed by atoms with Crippen molar-refractivity contribution in [2.24, 2.45) is 0 Å². The van der Waals surface area contributed by atoms with Crippen molar-refractivity contribution in [2.45, 2.75) is 62.5 Å². The van der Waals surface area contributed by atoms with Gasteiger partial charge in [0.25, 0.3) is 0 Å². The molecule has 0 unspecified atom stereocenters. The van der Waals surface area contributed by atoms with E-state index in [1.807, 2.05) is 4.90 Å². The summed E-state index contributed by atoms with van der Waals surface area (Å²) < 4.78 is 27.9. The van der Waals surface area contributed by atoms with Crippen LogP contribution in [0.25, 0.3) is 0 Å².